The maximum Gasteiger partial charge on any atom is 0.256 e. The Kier molecular flexibility index (Phi) is 5.26. The molecule has 1 aromatic rings. The van der Waals surface area contributed by atoms with Gasteiger partial charge in [0, 0.05) is 24.0 Å². The van der Waals surface area contributed by atoms with Crippen molar-refractivity contribution in [2.45, 2.75) is 57.3 Å². The van der Waals surface area contributed by atoms with Gasteiger partial charge >= 0.3 is 0 Å². The number of likely N-dealkylation sites (tertiary alicyclic amines) is 1. The molecular formula is C21H27NO3. The van der Waals surface area contributed by atoms with Crippen LogP contribution in [0, 0.1) is 0 Å². The van der Waals surface area contributed by atoms with Gasteiger partial charge in [-0.1, -0.05) is 38.0 Å². The van der Waals surface area contributed by atoms with E-state index in [9.17, 15) is 9.59 Å². The van der Waals surface area contributed by atoms with Crippen molar-refractivity contribution in [2.24, 2.45) is 0 Å². The number of carbonyl (C=O) groups excluding carboxylic acids is 2. The summed E-state index contributed by atoms with van der Waals surface area (Å²) in [5.74, 6) is 0.639. The smallest absolute Gasteiger partial charge is 0.256 e. The topological polar surface area (TPSA) is 46.6 Å². The first-order valence-corrected chi connectivity index (χ1v) is 9.32. The lowest BCUT2D eigenvalue weighted by atomic mass is 9.63. The van der Waals surface area contributed by atoms with Crippen LogP contribution in [-0.4, -0.2) is 30.4 Å². The highest BCUT2D eigenvalue weighted by Crippen LogP contribution is 2.47. The van der Waals surface area contributed by atoms with E-state index in [-0.39, 0.29) is 11.8 Å². The van der Waals surface area contributed by atoms with Gasteiger partial charge in [0.15, 0.2) is 0 Å². The third-order valence-electron chi connectivity index (χ3n) is 5.51. The molecule has 25 heavy (non-hydrogen) atoms. The second-order valence-electron chi connectivity index (χ2n) is 7.06. The number of imide groups is 1. The fraction of sp³-hybridized carbons (Fsp3) is 0.524. The van der Waals surface area contributed by atoms with Crippen LogP contribution in [0.1, 0.15) is 57.4 Å². The average molecular weight is 341 g/mol. The first-order chi connectivity index (χ1) is 12.1. The van der Waals surface area contributed by atoms with E-state index in [0.29, 0.717) is 13.0 Å². The van der Waals surface area contributed by atoms with Gasteiger partial charge < -0.3 is 4.74 Å². The Morgan fingerprint density at radius 3 is 2.84 bits per heavy atom. The minimum Gasteiger partial charge on any atom is -0.497 e. The van der Waals surface area contributed by atoms with E-state index < -0.39 is 5.41 Å². The van der Waals surface area contributed by atoms with E-state index >= 15 is 0 Å². The average Bonchev–Trinajstić information content (AvgIpc) is 2.64. The van der Waals surface area contributed by atoms with Gasteiger partial charge in [0.05, 0.1) is 7.11 Å². The van der Waals surface area contributed by atoms with Crippen LogP contribution in [-0.2, 0) is 15.0 Å². The maximum atomic E-state index is 13.1. The molecule has 0 radical (unpaired) electrons. The first-order valence-electron chi connectivity index (χ1n) is 9.32. The van der Waals surface area contributed by atoms with E-state index in [2.05, 4.69) is 13.0 Å². The molecule has 0 aromatic heterocycles. The van der Waals surface area contributed by atoms with Gasteiger partial charge in [0.1, 0.15) is 5.75 Å². The summed E-state index contributed by atoms with van der Waals surface area (Å²) in [5, 5.41) is 0. The normalized spacial score (nSPS) is 23.3. The van der Waals surface area contributed by atoms with E-state index in [1.807, 2.05) is 24.3 Å². The highest BCUT2D eigenvalue weighted by molar-refractivity contribution is 6.10. The summed E-state index contributed by atoms with van der Waals surface area (Å²) in [4.78, 5) is 27.4. The molecule has 1 aliphatic heterocycles. The van der Waals surface area contributed by atoms with Gasteiger partial charge in [-0.05, 0) is 43.4 Å². The SMILES string of the molecule is CCCCCN1C(=O)CC2(c3cccc(OC)c3)CCCC=C2C1=O. The molecule has 1 saturated heterocycles. The lowest BCUT2D eigenvalue weighted by Crippen LogP contribution is -2.52. The summed E-state index contributed by atoms with van der Waals surface area (Å²) in [5.41, 5.74) is 1.35. The molecule has 0 bridgehead atoms. The zero-order valence-corrected chi connectivity index (χ0v) is 15.2. The third-order valence-corrected chi connectivity index (χ3v) is 5.51. The quantitative estimate of drug-likeness (QED) is 0.580. The van der Waals surface area contributed by atoms with E-state index in [0.717, 1.165) is 55.4 Å². The van der Waals surface area contributed by atoms with Crippen molar-refractivity contribution in [3.63, 3.8) is 0 Å². The molecule has 134 valence electrons. The fourth-order valence-corrected chi connectivity index (χ4v) is 4.14. The molecule has 4 nitrogen and oxygen atoms in total. The van der Waals surface area contributed by atoms with Crippen molar-refractivity contribution in [1.82, 2.24) is 4.90 Å². The molecule has 1 fully saturated rings. The van der Waals surface area contributed by atoms with Crippen LogP contribution in [0.4, 0.5) is 0 Å². The number of piperidine rings is 1. The third kappa shape index (κ3) is 3.22. The molecule has 0 saturated carbocycles. The molecule has 3 rings (SSSR count). The zero-order chi connectivity index (χ0) is 17.9. The molecular weight excluding hydrogens is 314 g/mol. The van der Waals surface area contributed by atoms with Crippen LogP contribution < -0.4 is 4.74 Å². The molecule has 1 aliphatic carbocycles. The van der Waals surface area contributed by atoms with Crippen LogP contribution in [0.25, 0.3) is 0 Å². The molecule has 0 spiro atoms. The van der Waals surface area contributed by atoms with Crippen LogP contribution in [0.5, 0.6) is 5.75 Å². The number of rotatable bonds is 6. The summed E-state index contributed by atoms with van der Waals surface area (Å²) in [6, 6.07) is 7.84. The summed E-state index contributed by atoms with van der Waals surface area (Å²) < 4.78 is 5.36. The molecule has 1 unspecified atom stereocenters. The predicted octanol–water partition coefficient (Wildman–Crippen LogP) is 3.99. The number of hydrogen-bond acceptors (Lipinski definition) is 3. The van der Waals surface area contributed by atoms with E-state index in [1.165, 1.54) is 4.90 Å². The van der Waals surface area contributed by atoms with Crippen LogP contribution in [0.2, 0.25) is 0 Å². The van der Waals surface area contributed by atoms with Gasteiger partial charge in [-0.15, -0.1) is 0 Å². The Balaban J connectivity index is 1.96. The van der Waals surface area contributed by atoms with Crippen LogP contribution >= 0.6 is 0 Å². The maximum absolute atomic E-state index is 13.1. The van der Waals surface area contributed by atoms with E-state index in [1.54, 1.807) is 7.11 Å². The molecule has 2 aliphatic rings. The van der Waals surface area contributed by atoms with Gasteiger partial charge in [-0.3, -0.25) is 14.5 Å². The van der Waals surface area contributed by atoms with Crippen LogP contribution in [0.15, 0.2) is 35.9 Å². The number of methoxy groups -OCH3 is 1. The Bertz CT molecular complexity index is 694. The second kappa shape index (κ2) is 7.42. The number of fused-ring (bicyclic) bond motifs is 1. The lowest BCUT2D eigenvalue weighted by molar-refractivity contribution is -0.147. The highest BCUT2D eigenvalue weighted by atomic mass is 16.5. The fourth-order valence-electron chi connectivity index (χ4n) is 4.14. The van der Waals surface area contributed by atoms with Crippen molar-refractivity contribution in [1.29, 1.82) is 0 Å². The summed E-state index contributed by atoms with van der Waals surface area (Å²) >= 11 is 0. The number of carbonyl (C=O) groups is 2. The van der Waals surface area contributed by atoms with Gasteiger partial charge in [0.2, 0.25) is 5.91 Å². The Hall–Kier alpha value is -2.10. The van der Waals surface area contributed by atoms with Crippen molar-refractivity contribution in [3.8, 4) is 5.75 Å². The molecule has 1 aromatic carbocycles. The van der Waals surface area contributed by atoms with Crippen molar-refractivity contribution >= 4 is 11.8 Å². The number of ether oxygens (including phenoxy) is 1. The van der Waals surface area contributed by atoms with Gasteiger partial charge in [-0.25, -0.2) is 0 Å². The number of amides is 2. The zero-order valence-electron chi connectivity index (χ0n) is 15.2. The molecule has 4 heteroatoms. The van der Waals surface area contributed by atoms with Crippen molar-refractivity contribution in [2.75, 3.05) is 13.7 Å². The first kappa shape index (κ1) is 17.7. The van der Waals surface area contributed by atoms with E-state index in [4.69, 9.17) is 4.74 Å². The second-order valence-corrected chi connectivity index (χ2v) is 7.06. The Morgan fingerprint density at radius 1 is 1.24 bits per heavy atom. The highest BCUT2D eigenvalue weighted by Gasteiger charge is 2.49. The molecule has 2 amide bonds. The molecule has 0 N–H and O–H groups in total. The summed E-state index contributed by atoms with van der Waals surface area (Å²) in [6.07, 6.45) is 8.18. The Labute approximate surface area is 149 Å². The summed E-state index contributed by atoms with van der Waals surface area (Å²) in [7, 11) is 1.64. The number of unbranched alkanes of at least 4 members (excludes halogenated alkanes) is 2. The monoisotopic (exact) mass is 341 g/mol. The number of nitrogens with zero attached hydrogens (tertiary/aromatic N) is 1. The standard InChI is InChI=1S/C21H27NO3/c1-3-4-7-13-22-19(23)15-21(12-6-5-11-18(21)20(22)24)16-9-8-10-17(14-16)25-2/h8-11,14H,3-7,12-13,15H2,1-2H3. The summed E-state index contributed by atoms with van der Waals surface area (Å²) in [6.45, 7) is 2.66. The number of benzene rings is 1. The minimum absolute atomic E-state index is 0.0389. The largest absolute Gasteiger partial charge is 0.497 e. The lowest BCUT2D eigenvalue weighted by Gasteiger charge is -2.44. The van der Waals surface area contributed by atoms with Gasteiger partial charge in [-0.2, -0.15) is 0 Å². The van der Waals surface area contributed by atoms with Crippen molar-refractivity contribution < 1.29 is 14.3 Å². The molecule has 1 heterocycles. The Morgan fingerprint density at radius 2 is 2.08 bits per heavy atom. The van der Waals surface area contributed by atoms with Crippen LogP contribution in [0.3, 0.4) is 0 Å². The van der Waals surface area contributed by atoms with Crippen molar-refractivity contribution in [3.05, 3.63) is 41.5 Å². The number of allylic oxidation sites excluding steroid dienone is 1. The minimum atomic E-state index is -0.484. The number of hydrogen-bond donors (Lipinski definition) is 0. The van der Waals surface area contributed by atoms with Gasteiger partial charge in [0.25, 0.3) is 5.91 Å². The predicted molar refractivity (Wildman–Crippen MR) is 97.5 cm³/mol. The molecule has 1 atom stereocenters.